The zero-order valence-electron chi connectivity index (χ0n) is 18.7. The van der Waals surface area contributed by atoms with Crippen LogP contribution < -0.4 is 5.32 Å². The molecule has 0 saturated carbocycles. The van der Waals surface area contributed by atoms with Crippen molar-refractivity contribution in [2.75, 3.05) is 20.2 Å². The fraction of sp³-hybridized carbons (Fsp3) is 0.850. The molecule has 0 aromatic heterocycles. The van der Waals surface area contributed by atoms with Gasteiger partial charge in [-0.15, -0.1) is 0 Å². The molecule has 0 aromatic carbocycles. The highest BCUT2D eigenvalue weighted by Crippen LogP contribution is 2.48. The third kappa shape index (κ3) is 13.7. The highest BCUT2D eigenvalue weighted by Gasteiger charge is 2.27. The first-order chi connectivity index (χ1) is 12.5. The minimum absolute atomic E-state index is 0.0413. The van der Waals surface area contributed by atoms with E-state index in [0.717, 1.165) is 0 Å². The second-order valence-corrected chi connectivity index (χ2v) is 9.83. The molecule has 6 nitrogen and oxygen atoms in total. The number of ketones is 1. The van der Waals surface area contributed by atoms with Gasteiger partial charge in [-0.3, -0.25) is 14.3 Å². The SMILES string of the molecule is CNC(=O)CCC(=O)C(C)C.[C-]#[N+]CCOP(C(C)C)N(C(C)C)C(C)C. The molecule has 0 heterocycles. The van der Waals surface area contributed by atoms with Gasteiger partial charge >= 0.3 is 0 Å². The van der Waals surface area contributed by atoms with Gasteiger partial charge in [0.25, 0.3) is 0 Å². The van der Waals surface area contributed by atoms with Crippen molar-refractivity contribution in [1.82, 2.24) is 9.99 Å². The van der Waals surface area contributed by atoms with E-state index >= 15 is 0 Å². The zero-order chi connectivity index (χ0) is 21.6. The monoisotopic (exact) mass is 401 g/mol. The molecule has 7 heteroatoms. The van der Waals surface area contributed by atoms with Gasteiger partial charge < -0.3 is 14.7 Å². The highest BCUT2D eigenvalue weighted by atomic mass is 31.2. The van der Waals surface area contributed by atoms with E-state index in [2.05, 4.69) is 56.4 Å². The largest absolute Gasteiger partial charge is 0.359 e. The topological polar surface area (TPSA) is 63.0 Å². The van der Waals surface area contributed by atoms with E-state index in [9.17, 15) is 9.59 Å². The number of rotatable bonds is 11. The molecule has 0 fully saturated rings. The van der Waals surface area contributed by atoms with Crippen LogP contribution in [0.15, 0.2) is 0 Å². The number of nitrogens with zero attached hydrogens (tertiary/aromatic N) is 2. The summed E-state index contributed by atoms with van der Waals surface area (Å²) >= 11 is 0. The summed E-state index contributed by atoms with van der Waals surface area (Å²) in [6.07, 6.45) is 0.671. The molecule has 1 atom stereocenters. The summed E-state index contributed by atoms with van der Waals surface area (Å²) in [7, 11) is 0.988. The fourth-order valence-electron chi connectivity index (χ4n) is 2.36. The number of amides is 1. The summed E-state index contributed by atoms with van der Waals surface area (Å²) in [6, 6.07) is 0.975. The van der Waals surface area contributed by atoms with Crippen molar-refractivity contribution in [2.45, 2.75) is 86.0 Å². The molecule has 1 amide bonds. The second-order valence-electron chi connectivity index (χ2n) is 7.47. The Balaban J connectivity index is 0. The number of carbonyl (C=O) groups is 2. The van der Waals surface area contributed by atoms with Crippen LogP contribution in [0.1, 0.15) is 68.2 Å². The van der Waals surface area contributed by atoms with E-state index < -0.39 is 8.30 Å². The first kappa shape index (κ1) is 28.2. The average molecular weight is 402 g/mol. The zero-order valence-corrected chi connectivity index (χ0v) is 19.6. The lowest BCUT2D eigenvalue weighted by molar-refractivity contribution is -0.126. The van der Waals surface area contributed by atoms with Gasteiger partial charge in [0, 0.05) is 43.5 Å². The van der Waals surface area contributed by atoms with Gasteiger partial charge in [-0.1, -0.05) is 27.7 Å². The minimum Gasteiger partial charge on any atom is -0.359 e. The highest BCUT2D eigenvalue weighted by molar-refractivity contribution is 7.50. The smallest absolute Gasteiger partial charge is 0.238 e. The van der Waals surface area contributed by atoms with E-state index in [0.29, 0.717) is 43.7 Å². The molecule has 0 aliphatic carbocycles. The van der Waals surface area contributed by atoms with E-state index in [-0.39, 0.29) is 17.6 Å². The number of nitrogens with one attached hydrogen (secondary N) is 1. The Bertz CT molecular complexity index is 452. The van der Waals surface area contributed by atoms with Crippen molar-refractivity contribution in [1.29, 1.82) is 0 Å². The molecule has 0 aromatic rings. The van der Waals surface area contributed by atoms with Crippen LogP contribution in [-0.4, -0.2) is 54.3 Å². The van der Waals surface area contributed by atoms with E-state index in [1.165, 1.54) is 0 Å². The quantitative estimate of drug-likeness (QED) is 0.315. The third-order valence-electron chi connectivity index (χ3n) is 3.68. The summed E-state index contributed by atoms with van der Waals surface area (Å²) in [5, 5.41) is 2.47. The summed E-state index contributed by atoms with van der Waals surface area (Å²) < 4.78 is 8.34. The van der Waals surface area contributed by atoms with Crippen LogP contribution in [0.25, 0.3) is 4.85 Å². The Kier molecular flexibility index (Phi) is 16.7. The number of carbonyl (C=O) groups excluding carboxylic acids is 2. The Labute approximate surface area is 168 Å². The maximum absolute atomic E-state index is 11.0. The molecule has 0 rings (SSSR count). The summed E-state index contributed by atoms with van der Waals surface area (Å²) in [5.41, 5.74) is 0.505. The molecule has 0 bridgehead atoms. The van der Waals surface area contributed by atoms with Gasteiger partial charge in [0.2, 0.25) is 12.5 Å². The molecular weight excluding hydrogens is 361 g/mol. The van der Waals surface area contributed by atoms with Gasteiger partial charge in [-0.05, 0) is 27.7 Å². The molecule has 0 saturated heterocycles. The molecule has 0 spiro atoms. The Hall–Kier alpha value is -1.02. The van der Waals surface area contributed by atoms with E-state index in [1.807, 2.05) is 13.8 Å². The van der Waals surface area contributed by atoms with Crippen molar-refractivity contribution in [2.24, 2.45) is 5.92 Å². The predicted octanol–water partition coefficient (Wildman–Crippen LogP) is 4.50. The van der Waals surface area contributed by atoms with Gasteiger partial charge in [0.05, 0.1) is 0 Å². The van der Waals surface area contributed by atoms with Crippen molar-refractivity contribution < 1.29 is 14.1 Å². The summed E-state index contributed by atoms with van der Waals surface area (Å²) in [5.74, 6) is 0.118. The maximum Gasteiger partial charge on any atom is 0.238 e. The number of Topliss-reactive ketones (excluding diaryl/α,β-unsaturated/α-hetero) is 1. The average Bonchev–Trinajstić information content (AvgIpc) is 2.57. The van der Waals surface area contributed by atoms with Gasteiger partial charge in [-0.2, -0.15) is 0 Å². The molecule has 1 unspecified atom stereocenters. The van der Waals surface area contributed by atoms with Crippen molar-refractivity contribution in [3.63, 3.8) is 0 Å². The Morgan fingerprint density at radius 3 is 1.89 bits per heavy atom. The lowest BCUT2D eigenvalue weighted by atomic mass is 10.0. The standard InChI is InChI=1S/C12H25N2OP.C8H15NO2/c1-10(2)14(11(3)4)16(12(5)6)15-9-8-13-7;1-6(2)7(10)4-5-8(11)9-3/h10-12H,8-9H2,1-6H3;6H,4-5H2,1-3H3,(H,9,11). The van der Waals surface area contributed by atoms with Crippen molar-refractivity contribution in [3.05, 3.63) is 11.4 Å². The molecule has 0 aliphatic rings. The minimum atomic E-state index is -0.584. The lowest BCUT2D eigenvalue weighted by Gasteiger charge is -2.38. The first-order valence-electron chi connectivity index (χ1n) is 9.76. The van der Waals surface area contributed by atoms with Crippen LogP contribution >= 0.6 is 8.30 Å². The predicted molar refractivity (Wildman–Crippen MR) is 115 cm³/mol. The molecule has 1 N–H and O–H groups in total. The van der Waals surface area contributed by atoms with Crippen LogP contribution in [0.5, 0.6) is 0 Å². The molecule has 158 valence electrons. The summed E-state index contributed by atoms with van der Waals surface area (Å²) in [6.45, 7) is 24.7. The fourth-order valence-corrected chi connectivity index (χ4v) is 4.51. The number of hydrogen-bond acceptors (Lipinski definition) is 4. The van der Waals surface area contributed by atoms with Crippen molar-refractivity contribution >= 4 is 20.0 Å². The van der Waals surface area contributed by atoms with Gasteiger partial charge in [-0.25, -0.2) is 6.57 Å². The first-order valence-corrected chi connectivity index (χ1v) is 11.0. The summed E-state index contributed by atoms with van der Waals surface area (Å²) in [4.78, 5) is 25.0. The molecule has 0 radical (unpaired) electrons. The number of hydrogen-bond donors (Lipinski definition) is 1. The second kappa shape index (κ2) is 16.0. The van der Waals surface area contributed by atoms with Gasteiger partial charge in [0.1, 0.15) is 20.7 Å². The van der Waals surface area contributed by atoms with E-state index in [4.69, 9.17) is 11.1 Å². The van der Waals surface area contributed by atoms with Crippen molar-refractivity contribution in [3.8, 4) is 0 Å². The van der Waals surface area contributed by atoms with E-state index in [1.54, 1.807) is 7.05 Å². The normalized spacial score (nSPS) is 12.2. The molecule has 0 aliphatic heterocycles. The third-order valence-corrected chi connectivity index (χ3v) is 6.39. The van der Waals surface area contributed by atoms with Crippen LogP contribution in [-0.2, 0) is 14.1 Å². The van der Waals surface area contributed by atoms with Gasteiger partial charge in [0.15, 0.2) is 0 Å². The Morgan fingerprint density at radius 2 is 1.56 bits per heavy atom. The van der Waals surface area contributed by atoms with Crippen LogP contribution in [0.4, 0.5) is 0 Å². The maximum atomic E-state index is 11.0. The molecule has 27 heavy (non-hydrogen) atoms. The Morgan fingerprint density at radius 1 is 1.04 bits per heavy atom. The van der Waals surface area contributed by atoms with Crippen LogP contribution in [0, 0.1) is 12.5 Å². The van der Waals surface area contributed by atoms with Crippen LogP contribution in [0.2, 0.25) is 0 Å². The lowest BCUT2D eigenvalue weighted by Crippen LogP contribution is -2.35. The molecular formula is C20H40N3O3P. The van der Waals surface area contributed by atoms with Crippen LogP contribution in [0.3, 0.4) is 0 Å².